The van der Waals surface area contributed by atoms with Gasteiger partial charge in [0.1, 0.15) is 10.7 Å². The number of amides is 1. The quantitative estimate of drug-likeness (QED) is 0.880. The van der Waals surface area contributed by atoms with E-state index in [0.29, 0.717) is 10.6 Å². The van der Waals surface area contributed by atoms with Crippen molar-refractivity contribution in [1.29, 1.82) is 0 Å². The van der Waals surface area contributed by atoms with Crippen LogP contribution in [0.1, 0.15) is 9.67 Å². The fourth-order valence-corrected chi connectivity index (χ4v) is 2.60. The van der Waals surface area contributed by atoms with Crippen LogP contribution in [0.3, 0.4) is 0 Å². The van der Waals surface area contributed by atoms with E-state index in [4.69, 9.17) is 28.9 Å². The van der Waals surface area contributed by atoms with Crippen LogP contribution in [0.5, 0.6) is 0 Å². The maximum atomic E-state index is 13.0. The highest BCUT2D eigenvalue weighted by Gasteiger charge is 2.15. The van der Waals surface area contributed by atoms with Gasteiger partial charge in [0.2, 0.25) is 0 Å². The number of rotatable bonds is 2. The van der Waals surface area contributed by atoms with E-state index in [-0.39, 0.29) is 15.7 Å². The lowest BCUT2D eigenvalue weighted by Crippen LogP contribution is -2.12. The molecule has 0 aliphatic heterocycles. The van der Waals surface area contributed by atoms with E-state index in [2.05, 4.69) is 5.32 Å². The molecular weight excluding hydrogens is 298 g/mol. The number of carbonyl (C=O) groups excluding carboxylic acids is 1. The number of hydrogen-bond donors (Lipinski definition) is 2. The Labute approximate surface area is 116 Å². The van der Waals surface area contributed by atoms with Gasteiger partial charge in [0.05, 0.1) is 21.4 Å². The first-order chi connectivity index (χ1) is 8.49. The second-order valence-corrected chi connectivity index (χ2v) is 5.13. The molecule has 0 spiro atoms. The van der Waals surface area contributed by atoms with Gasteiger partial charge in [-0.25, -0.2) is 4.39 Å². The minimum Gasteiger partial charge on any atom is -0.397 e. The van der Waals surface area contributed by atoms with Gasteiger partial charge < -0.3 is 11.1 Å². The fourth-order valence-electron chi connectivity index (χ4n) is 1.34. The lowest BCUT2D eigenvalue weighted by Gasteiger charge is -2.09. The van der Waals surface area contributed by atoms with E-state index in [1.807, 2.05) is 0 Å². The van der Waals surface area contributed by atoms with E-state index in [0.717, 1.165) is 12.1 Å². The van der Waals surface area contributed by atoms with Crippen LogP contribution < -0.4 is 11.1 Å². The summed E-state index contributed by atoms with van der Waals surface area (Å²) < 4.78 is 13.0. The molecule has 1 aromatic carbocycles. The Morgan fingerprint density at radius 3 is 2.44 bits per heavy atom. The van der Waals surface area contributed by atoms with E-state index in [1.165, 1.54) is 11.3 Å². The summed E-state index contributed by atoms with van der Waals surface area (Å²) >= 11 is 12.8. The summed E-state index contributed by atoms with van der Waals surface area (Å²) in [6, 6.07) is 3.76. The highest BCUT2D eigenvalue weighted by atomic mass is 35.5. The van der Waals surface area contributed by atoms with E-state index >= 15 is 0 Å². The summed E-state index contributed by atoms with van der Waals surface area (Å²) in [5.74, 6) is -1.00. The number of anilines is 2. The zero-order chi connectivity index (χ0) is 13.3. The maximum absolute atomic E-state index is 13.0. The molecule has 0 radical (unpaired) electrons. The maximum Gasteiger partial charge on any atom is 0.267 e. The van der Waals surface area contributed by atoms with Gasteiger partial charge in [-0.05, 0) is 23.6 Å². The third-order valence-electron chi connectivity index (χ3n) is 2.15. The van der Waals surface area contributed by atoms with Crippen LogP contribution in [-0.2, 0) is 0 Å². The SMILES string of the molecule is Nc1ccsc1C(=O)Nc1c(Cl)cc(F)cc1Cl. The molecule has 18 heavy (non-hydrogen) atoms. The molecule has 0 saturated heterocycles. The minimum atomic E-state index is -0.571. The number of nitrogen functional groups attached to an aromatic ring is 1. The number of nitrogens with two attached hydrogens (primary N) is 1. The number of thiophene rings is 1. The average molecular weight is 305 g/mol. The Bertz CT molecular complexity index is 592. The molecule has 0 saturated carbocycles. The highest BCUT2D eigenvalue weighted by molar-refractivity contribution is 7.12. The average Bonchev–Trinajstić information content (AvgIpc) is 2.69. The number of hydrogen-bond acceptors (Lipinski definition) is 3. The van der Waals surface area contributed by atoms with Gasteiger partial charge in [-0.15, -0.1) is 11.3 Å². The zero-order valence-corrected chi connectivity index (χ0v) is 11.2. The molecule has 2 aromatic rings. The molecule has 0 aliphatic rings. The van der Waals surface area contributed by atoms with Crippen molar-refractivity contribution in [2.45, 2.75) is 0 Å². The second-order valence-electron chi connectivity index (χ2n) is 3.40. The lowest BCUT2D eigenvalue weighted by atomic mass is 10.3. The first kappa shape index (κ1) is 13.1. The fraction of sp³-hybridized carbons (Fsp3) is 0. The minimum absolute atomic E-state index is 0.0310. The molecule has 3 nitrogen and oxygen atoms in total. The van der Waals surface area contributed by atoms with Crippen molar-refractivity contribution in [2.75, 3.05) is 11.1 Å². The highest BCUT2D eigenvalue weighted by Crippen LogP contribution is 2.32. The first-order valence-electron chi connectivity index (χ1n) is 4.78. The monoisotopic (exact) mass is 304 g/mol. The number of nitrogens with one attached hydrogen (secondary N) is 1. The number of carbonyl (C=O) groups is 1. The van der Waals surface area contributed by atoms with Gasteiger partial charge in [-0.3, -0.25) is 4.79 Å². The molecule has 0 atom stereocenters. The van der Waals surface area contributed by atoms with E-state index in [9.17, 15) is 9.18 Å². The smallest absolute Gasteiger partial charge is 0.267 e. The Morgan fingerprint density at radius 2 is 1.94 bits per heavy atom. The van der Waals surface area contributed by atoms with Crippen molar-refractivity contribution in [3.63, 3.8) is 0 Å². The predicted octanol–water partition coefficient (Wildman–Crippen LogP) is 4.03. The summed E-state index contributed by atoms with van der Waals surface area (Å²) in [5.41, 5.74) is 6.15. The summed E-state index contributed by atoms with van der Waals surface area (Å²) in [6.45, 7) is 0. The molecule has 1 heterocycles. The van der Waals surface area contributed by atoms with Crippen LogP contribution in [0.25, 0.3) is 0 Å². The van der Waals surface area contributed by atoms with Gasteiger partial charge in [-0.1, -0.05) is 23.2 Å². The van der Waals surface area contributed by atoms with Crippen molar-refractivity contribution in [3.8, 4) is 0 Å². The second kappa shape index (κ2) is 5.14. The molecule has 1 amide bonds. The molecule has 0 bridgehead atoms. The summed E-state index contributed by atoms with van der Waals surface area (Å²) in [7, 11) is 0. The van der Waals surface area contributed by atoms with Crippen LogP contribution in [0, 0.1) is 5.82 Å². The topological polar surface area (TPSA) is 55.1 Å². The third-order valence-corrected chi connectivity index (χ3v) is 3.67. The Balaban J connectivity index is 2.31. The number of benzene rings is 1. The van der Waals surface area contributed by atoms with Crippen LogP contribution in [0.2, 0.25) is 10.0 Å². The molecule has 3 N–H and O–H groups in total. The molecule has 94 valence electrons. The van der Waals surface area contributed by atoms with Gasteiger partial charge in [-0.2, -0.15) is 0 Å². The molecule has 7 heteroatoms. The summed E-state index contributed by atoms with van der Waals surface area (Å²) in [5, 5.41) is 4.26. The summed E-state index contributed by atoms with van der Waals surface area (Å²) in [6.07, 6.45) is 0. The molecule has 1 aromatic heterocycles. The van der Waals surface area contributed by atoms with Crippen molar-refractivity contribution >= 4 is 51.8 Å². The molecule has 0 fully saturated rings. The molecule has 0 aliphatic carbocycles. The Kier molecular flexibility index (Phi) is 3.75. The Hall–Kier alpha value is -1.30. The number of halogens is 3. The predicted molar refractivity (Wildman–Crippen MR) is 73.1 cm³/mol. The van der Waals surface area contributed by atoms with Crippen LogP contribution >= 0.6 is 34.5 Å². The van der Waals surface area contributed by atoms with Crippen molar-refractivity contribution in [1.82, 2.24) is 0 Å². The largest absolute Gasteiger partial charge is 0.397 e. The zero-order valence-electron chi connectivity index (χ0n) is 8.84. The Morgan fingerprint density at radius 1 is 1.33 bits per heavy atom. The van der Waals surface area contributed by atoms with E-state index in [1.54, 1.807) is 11.4 Å². The van der Waals surface area contributed by atoms with Crippen LogP contribution in [0.15, 0.2) is 23.6 Å². The van der Waals surface area contributed by atoms with Gasteiger partial charge in [0.15, 0.2) is 0 Å². The van der Waals surface area contributed by atoms with Gasteiger partial charge >= 0.3 is 0 Å². The molecule has 2 rings (SSSR count). The summed E-state index contributed by atoms with van der Waals surface area (Å²) in [4.78, 5) is 12.2. The van der Waals surface area contributed by atoms with Crippen molar-refractivity contribution < 1.29 is 9.18 Å². The lowest BCUT2D eigenvalue weighted by molar-refractivity contribution is 0.103. The van der Waals surface area contributed by atoms with Crippen molar-refractivity contribution in [2.24, 2.45) is 0 Å². The van der Waals surface area contributed by atoms with Crippen molar-refractivity contribution in [3.05, 3.63) is 44.3 Å². The van der Waals surface area contributed by atoms with Gasteiger partial charge in [0.25, 0.3) is 5.91 Å². The van der Waals surface area contributed by atoms with Crippen LogP contribution in [-0.4, -0.2) is 5.91 Å². The molecular formula is C11H7Cl2FN2OS. The van der Waals surface area contributed by atoms with E-state index < -0.39 is 11.7 Å². The van der Waals surface area contributed by atoms with Crippen LogP contribution in [0.4, 0.5) is 15.8 Å². The normalized spacial score (nSPS) is 10.4. The first-order valence-corrected chi connectivity index (χ1v) is 6.41. The standard InChI is InChI=1S/C11H7Cl2FN2OS/c12-6-3-5(14)4-7(13)9(6)16-11(17)10-8(15)1-2-18-10/h1-4H,15H2,(H,16,17). The van der Waals surface area contributed by atoms with Gasteiger partial charge in [0, 0.05) is 0 Å². The molecule has 0 unspecified atom stereocenters. The third kappa shape index (κ3) is 2.58.